The van der Waals surface area contributed by atoms with Crippen molar-refractivity contribution < 1.29 is 4.42 Å². The highest BCUT2D eigenvalue weighted by molar-refractivity contribution is 5.26. The lowest BCUT2D eigenvalue weighted by atomic mass is 9.91. The zero-order valence-electron chi connectivity index (χ0n) is 11.2. The van der Waals surface area contributed by atoms with Crippen molar-refractivity contribution >= 4 is 0 Å². The van der Waals surface area contributed by atoms with E-state index in [1.165, 1.54) is 5.56 Å². The van der Waals surface area contributed by atoms with Gasteiger partial charge in [0.25, 0.3) is 0 Å². The molecule has 3 nitrogen and oxygen atoms in total. The number of pyridine rings is 1. The number of rotatable bonds is 5. The van der Waals surface area contributed by atoms with Gasteiger partial charge < -0.3 is 9.73 Å². The van der Waals surface area contributed by atoms with Crippen LogP contribution < -0.4 is 5.32 Å². The summed E-state index contributed by atoms with van der Waals surface area (Å²) < 4.78 is 5.52. The zero-order chi connectivity index (χ0) is 13.0. The van der Waals surface area contributed by atoms with Gasteiger partial charge >= 0.3 is 0 Å². The molecule has 0 radical (unpaired) electrons. The van der Waals surface area contributed by atoms with Crippen molar-refractivity contribution in [1.29, 1.82) is 0 Å². The Bertz CT molecular complexity index is 478. The molecule has 0 aliphatic rings. The van der Waals surface area contributed by atoms with Gasteiger partial charge in [0.1, 0.15) is 5.76 Å². The van der Waals surface area contributed by atoms with E-state index < -0.39 is 0 Å². The predicted molar refractivity (Wildman–Crippen MR) is 72.5 cm³/mol. The molecule has 1 N–H and O–H groups in total. The minimum atomic E-state index is 0.230. The lowest BCUT2D eigenvalue weighted by Crippen LogP contribution is -2.23. The molecule has 2 heterocycles. The summed E-state index contributed by atoms with van der Waals surface area (Å²) in [4.78, 5) is 4.44. The Morgan fingerprint density at radius 2 is 2.17 bits per heavy atom. The Balaban J connectivity index is 2.29. The first-order chi connectivity index (χ1) is 8.77. The summed E-state index contributed by atoms with van der Waals surface area (Å²) in [6.45, 7) is 4.30. The van der Waals surface area contributed by atoms with Crippen LogP contribution in [0.2, 0.25) is 0 Å². The minimum absolute atomic E-state index is 0.230. The molecule has 0 aromatic carbocycles. The van der Waals surface area contributed by atoms with E-state index in [2.05, 4.69) is 36.3 Å². The Morgan fingerprint density at radius 1 is 1.33 bits per heavy atom. The molecular formula is C15H20N2O. The van der Waals surface area contributed by atoms with E-state index in [0.29, 0.717) is 5.92 Å². The topological polar surface area (TPSA) is 38.1 Å². The van der Waals surface area contributed by atoms with E-state index >= 15 is 0 Å². The molecule has 0 amide bonds. The fourth-order valence-corrected chi connectivity index (χ4v) is 2.41. The Labute approximate surface area is 108 Å². The van der Waals surface area contributed by atoms with Crippen LogP contribution in [0.15, 0.2) is 41.1 Å². The van der Waals surface area contributed by atoms with Crippen LogP contribution in [0.25, 0.3) is 0 Å². The van der Waals surface area contributed by atoms with Crippen molar-refractivity contribution in [3.63, 3.8) is 0 Å². The van der Waals surface area contributed by atoms with Crippen molar-refractivity contribution in [3.8, 4) is 0 Å². The number of nitrogens with one attached hydrogen (secondary N) is 1. The van der Waals surface area contributed by atoms with E-state index in [0.717, 1.165) is 17.9 Å². The molecule has 0 fully saturated rings. The second-order valence-electron chi connectivity index (χ2n) is 4.46. The van der Waals surface area contributed by atoms with Gasteiger partial charge in [0.05, 0.1) is 6.26 Å². The maximum absolute atomic E-state index is 5.52. The van der Waals surface area contributed by atoms with Crippen LogP contribution in [0.4, 0.5) is 0 Å². The SMILES string of the molecule is CCc1occc1C(NC)C(C)c1ccccn1. The van der Waals surface area contributed by atoms with Gasteiger partial charge in [0.15, 0.2) is 0 Å². The van der Waals surface area contributed by atoms with Crippen LogP contribution in [-0.2, 0) is 6.42 Å². The number of aromatic nitrogens is 1. The van der Waals surface area contributed by atoms with Crippen LogP contribution in [0.3, 0.4) is 0 Å². The van der Waals surface area contributed by atoms with E-state index in [1.54, 1.807) is 6.26 Å². The van der Waals surface area contributed by atoms with E-state index in [9.17, 15) is 0 Å². The molecule has 0 aliphatic carbocycles. The van der Waals surface area contributed by atoms with E-state index in [-0.39, 0.29) is 6.04 Å². The van der Waals surface area contributed by atoms with Gasteiger partial charge in [-0.15, -0.1) is 0 Å². The molecule has 2 unspecified atom stereocenters. The van der Waals surface area contributed by atoms with Crippen LogP contribution in [0, 0.1) is 0 Å². The first kappa shape index (κ1) is 12.8. The minimum Gasteiger partial charge on any atom is -0.469 e. The van der Waals surface area contributed by atoms with Crippen LogP contribution in [0.5, 0.6) is 0 Å². The summed E-state index contributed by atoms with van der Waals surface area (Å²) in [6, 6.07) is 8.33. The molecule has 2 atom stereocenters. The van der Waals surface area contributed by atoms with Gasteiger partial charge in [-0.2, -0.15) is 0 Å². The molecule has 2 rings (SSSR count). The van der Waals surface area contributed by atoms with Crippen molar-refractivity contribution in [2.45, 2.75) is 32.2 Å². The van der Waals surface area contributed by atoms with Crippen LogP contribution in [0.1, 0.15) is 42.8 Å². The zero-order valence-corrected chi connectivity index (χ0v) is 11.2. The van der Waals surface area contributed by atoms with Crippen molar-refractivity contribution in [2.75, 3.05) is 7.05 Å². The molecule has 0 bridgehead atoms. The molecule has 2 aromatic rings. The highest BCUT2D eigenvalue weighted by atomic mass is 16.3. The smallest absolute Gasteiger partial charge is 0.108 e. The summed E-state index contributed by atoms with van der Waals surface area (Å²) in [7, 11) is 1.98. The maximum Gasteiger partial charge on any atom is 0.108 e. The summed E-state index contributed by atoms with van der Waals surface area (Å²) in [5.41, 5.74) is 2.33. The molecule has 96 valence electrons. The van der Waals surface area contributed by atoms with Gasteiger partial charge in [-0.3, -0.25) is 4.98 Å². The van der Waals surface area contributed by atoms with Gasteiger partial charge in [-0.1, -0.05) is 19.9 Å². The summed E-state index contributed by atoms with van der Waals surface area (Å²) in [5.74, 6) is 1.36. The summed E-state index contributed by atoms with van der Waals surface area (Å²) in [5, 5.41) is 3.38. The highest BCUT2D eigenvalue weighted by Gasteiger charge is 2.23. The first-order valence-corrected chi connectivity index (χ1v) is 6.42. The molecular weight excluding hydrogens is 224 g/mol. The number of hydrogen-bond donors (Lipinski definition) is 1. The highest BCUT2D eigenvalue weighted by Crippen LogP contribution is 2.31. The number of likely N-dealkylation sites (N-methyl/N-ethyl adjacent to an activating group) is 1. The van der Waals surface area contributed by atoms with E-state index in [1.807, 2.05) is 25.4 Å². The normalized spacial score (nSPS) is 14.4. The Kier molecular flexibility index (Phi) is 4.15. The molecule has 0 spiro atoms. The number of nitrogens with zero attached hydrogens (tertiary/aromatic N) is 1. The fraction of sp³-hybridized carbons (Fsp3) is 0.400. The third-order valence-electron chi connectivity index (χ3n) is 3.40. The summed E-state index contributed by atoms with van der Waals surface area (Å²) in [6.07, 6.45) is 4.52. The molecule has 2 aromatic heterocycles. The van der Waals surface area contributed by atoms with Crippen LogP contribution in [-0.4, -0.2) is 12.0 Å². The fourth-order valence-electron chi connectivity index (χ4n) is 2.41. The standard InChI is InChI=1S/C15H20N2O/c1-4-14-12(8-10-18-14)15(16-3)11(2)13-7-5-6-9-17-13/h5-11,15-16H,4H2,1-3H3. The molecule has 0 saturated carbocycles. The van der Waals surface area contributed by atoms with Crippen LogP contribution >= 0.6 is 0 Å². The quantitative estimate of drug-likeness (QED) is 0.877. The lowest BCUT2D eigenvalue weighted by Gasteiger charge is -2.23. The third kappa shape index (κ3) is 2.46. The molecule has 18 heavy (non-hydrogen) atoms. The molecule has 0 saturated heterocycles. The van der Waals surface area contributed by atoms with Crippen molar-refractivity contribution in [3.05, 3.63) is 53.7 Å². The first-order valence-electron chi connectivity index (χ1n) is 6.42. The van der Waals surface area contributed by atoms with Gasteiger partial charge in [0, 0.05) is 35.8 Å². The Hall–Kier alpha value is -1.61. The predicted octanol–water partition coefficient (Wildman–Crippen LogP) is 3.30. The van der Waals surface area contributed by atoms with Gasteiger partial charge in [0.2, 0.25) is 0 Å². The van der Waals surface area contributed by atoms with Gasteiger partial charge in [-0.05, 0) is 25.2 Å². The summed E-state index contributed by atoms with van der Waals surface area (Å²) >= 11 is 0. The molecule has 3 heteroatoms. The second-order valence-corrected chi connectivity index (χ2v) is 4.46. The Morgan fingerprint density at radius 3 is 2.78 bits per heavy atom. The maximum atomic E-state index is 5.52. The van der Waals surface area contributed by atoms with Gasteiger partial charge in [-0.25, -0.2) is 0 Å². The average Bonchev–Trinajstić information content (AvgIpc) is 2.89. The number of aryl methyl sites for hydroxylation is 1. The number of hydrogen-bond acceptors (Lipinski definition) is 3. The van der Waals surface area contributed by atoms with Crippen molar-refractivity contribution in [2.24, 2.45) is 0 Å². The average molecular weight is 244 g/mol. The van der Waals surface area contributed by atoms with E-state index in [4.69, 9.17) is 4.42 Å². The monoisotopic (exact) mass is 244 g/mol. The van der Waals surface area contributed by atoms with Crippen molar-refractivity contribution in [1.82, 2.24) is 10.3 Å². The lowest BCUT2D eigenvalue weighted by molar-refractivity contribution is 0.465. The number of furan rings is 1. The molecule has 0 aliphatic heterocycles. The second kappa shape index (κ2) is 5.83. The third-order valence-corrected chi connectivity index (χ3v) is 3.40. The largest absolute Gasteiger partial charge is 0.469 e.